The van der Waals surface area contributed by atoms with E-state index in [1.165, 1.54) is 16.2 Å². The molecule has 0 spiro atoms. The van der Waals surface area contributed by atoms with Gasteiger partial charge in [0.15, 0.2) is 16.7 Å². The first-order valence-electron chi connectivity index (χ1n) is 8.97. The van der Waals surface area contributed by atoms with Gasteiger partial charge >= 0.3 is 6.03 Å². The molecule has 1 aliphatic heterocycles. The Balaban J connectivity index is 1.66. The molecule has 0 atom stereocenters. The zero-order chi connectivity index (χ0) is 19.4. The minimum absolute atomic E-state index is 0.0183. The molecule has 0 saturated carbocycles. The third-order valence-electron chi connectivity index (χ3n) is 4.49. The molecular weight excluding hydrogens is 364 g/mol. The van der Waals surface area contributed by atoms with E-state index in [0.717, 1.165) is 5.56 Å². The number of aryl methyl sites for hydroxylation is 2. The van der Waals surface area contributed by atoms with E-state index < -0.39 is 0 Å². The second kappa shape index (κ2) is 8.39. The van der Waals surface area contributed by atoms with Gasteiger partial charge in [0.25, 0.3) is 0 Å². The fourth-order valence-corrected chi connectivity index (χ4v) is 3.96. The number of pyridine rings is 1. The number of amides is 2. The van der Waals surface area contributed by atoms with Crippen molar-refractivity contribution in [3.63, 3.8) is 0 Å². The largest absolute Gasteiger partial charge is 0.326 e. The summed E-state index contributed by atoms with van der Waals surface area (Å²) in [4.78, 5) is 48.9. The van der Waals surface area contributed by atoms with Gasteiger partial charge in [0.05, 0.1) is 17.1 Å². The third kappa shape index (κ3) is 4.39. The third-order valence-corrected chi connectivity index (χ3v) is 5.71. The number of carbonyl (C=O) groups is 3. The van der Waals surface area contributed by atoms with Crippen LogP contribution in [-0.2, 0) is 11.2 Å². The van der Waals surface area contributed by atoms with Crippen LogP contribution in [0.15, 0.2) is 24.5 Å². The Labute approximate surface area is 162 Å². The van der Waals surface area contributed by atoms with Gasteiger partial charge in [-0.15, -0.1) is 0 Å². The van der Waals surface area contributed by atoms with E-state index in [1.807, 2.05) is 12.1 Å². The lowest BCUT2D eigenvalue weighted by Gasteiger charge is -2.15. The van der Waals surface area contributed by atoms with Crippen molar-refractivity contribution in [3.05, 3.63) is 40.7 Å². The standard InChI is InChI=1S/C19H22N4O3S/c1-3-15(24)12-22-9-10-23(19(22)26)18-21-13(2)17(27-18)16(25)7-6-14-5-4-8-20-11-14/h4-5,8,11H,3,6-7,9-10,12H2,1-2H3. The summed E-state index contributed by atoms with van der Waals surface area (Å²) in [6, 6.07) is 3.57. The summed E-state index contributed by atoms with van der Waals surface area (Å²) < 4.78 is 0. The first-order valence-corrected chi connectivity index (χ1v) is 9.79. The number of nitrogens with zero attached hydrogens (tertiary/aromatic N) is 4. The molecule has 0 aliphatic carbocycles. The molecule has 0 bridgehead atoms. The molecule has 2 aromatic heterocycles. The van der Waals surface area contributed by atoms with Crippen molar-refractivity contribution in [2.24, 2.45) is 0 Å². The number of hydrogen-bond donors (Lipinski definition) is 0. The fourth-order valence-electron chi connectivity index (χ4n) is 2.91. The van der Waals surface area contributed by atoms with Gasteiger partial charge in [0.1, 0.15) is 0 Å². The summed E-state index contributed by atoms with van der Waals surface area (Å²) in [6.07, 6.45) is 4.87. The van der Waals surface area contributed by atoms with E-state index in [9.17, 15) is 14.4 Å². The van der Waals surface area contributed by atoms with Crippen molar-refractivity contribution in [1.82, 2.24) is 14.9 Å². The molecule has 3 heterocycles. The zero-order valence-corrected chi connectivity index (χ0v) is 16.3. The smallest absolute Gasteiger partial charge is 0.315 e. The molecule has 8 heteroatoms. The van der Waals surface area contributed by atoms with Crippen LogP contribution < -0.4 is 4.90 Å². The molecule has 2 amide bonds. The van der Waals surface area contributed by atoms with Gasteiger partial charge < -0.3 is 4.90 Å². The topological polar surface area (TPSA) is 83.5 Å². The van der Waals surface area contributed by atoms with Crippen LogP contribution in [0.5, 0.6) is 0 Å². The lowest BCUT2D eigenvalue weighted by Crippen LogP contribution is -2.35. The Bertz CT molecular complexity index is 850. The summed E-state index contributed by atoms with van der Waals surface area (Å²) in [7, 11) is 0. The Morgan fingerprint density at radius 1 is 1.30 bits per heavy atom. The first-order chi connectivity index (χ1) is 13.0. The number of anilines is 1. The van der Waals surface area contributed by atoms with Crippen molar-refractivity contribution >= 4 is 34.1 Å². The lowest BCUT2D eigenvalue weighted by atomic mass is 10.1. The molecule has 0 radical (unpaired) electrons. The Morgan fingerprint density at radius 2 is 2.11 bits per heavy atom. The van der Waals surface area contributed by atoms with E-state index >= 15 is 0 Å². The predicted molar refractivity (Wildman–Crippen MR) is 103 cm³/mol. The number of rotatable bonds is 8. The number of ketones is 2. The minimum atomic E-state index is -0.222. The molecule has 142 valence electrons. The number of hydrogen-bond acceptors (Lipinski definition) is 6. The number of carbonyl (C=O) groups excluding carboxylic acids is 3. The lowest BCUT2D eigenvalue weighted by molar-refractivity contribution is -0.119. The van der Waals surface area contributed by atoms with Crippen molar-refractivity contribution < 1.29 is 14.4 Å². The van der Waals surface area contributed by atoms with Crippen molar-refractivity contribution in [3.8, 4) is 0 Å². The van der Waals surface area contributed by atoms with Gasteiger partial charge in [-0.1, -0.05) is 24.3 Å². The molecule has 3 rings (SSSR count). The summed E-state index contributed by atoms with van der Waals surface area (Å²) >= 11 is 1.25. The SMILES string of the molecule is CCC(=O)CN1CCN(c2nc(C)c(C(=O)CCc3cccnc3)s2)C1=O. The number of thiazole rings is 1. The van der Waals surface area contributed by atoms with Gasteiger partial charge in [-0.05, 0) is 25.0 Å². The van der Waals surface area contributed by atoms with Crippen LogP contribution in [0, 0.1) is 6.92 Å². The monoisotopic (exact) mass is 386 g/mol. The molecule has 1 aliphatic rings. The fraction of sp³-hybridized carbons (Fsp3) is 0.421. The number of Topliss-reactive ketones (excluding diaryl/α,β-unsaturated/α-hetero) is 2. The van der Waals surface area contributed by atoms with Crippen molar-refractivity contribution in [2.45, 2.75) is 33.1 Å². The van der Waals surface area contributed by atoms with Crippen LogP contribution in [-0.4, -0.2) is 52.1 Å². The maximum Gasteiger partial charge on any atom is 0.326 e. The summed E-state index contributed by atoms with van der Waals surface area (Å²) in [5, 5.41) is 0.522. The number of aromatic nitrogens is 2. The van der Waals surface area contributed by atoms with Crippen molar-refractivity contribution in [2.75, 3.05) is 24.5 Å². The summed E-state index contributed by atoms with van der Waals surface area (Å²) in [6.45, 7) is 4.68. The van der Waals surface area contributed by atoms with E-state index in [-0.39, 0.29) is 24.1 Å². The molecule has 27 heavy (non-hydrogen) atoms. The van der Waals surface area contributed by atoms with Crippen LogP contribution in [0.2, 0.25) is 0 Å². The average molecular weight is 386 g/mol. The molecule has 1 saturated heterocycles. The van der Waals surface area contributed by atoms with Crippen LogP contribution >= 0.6 is 11.3 Å². The first kappa shape index (κ1) is 19.2. The molecule has 2 aromatic rings. The van der Waals surface area contributed by atoms with E-state index in [1.54, 1.807) is 31.1 Å². The van der Waals surface area contributed by atoms with Crippen LogP contribution in [0.25, 0.3) is 0 Å². The normalized spacial score (nSPS) is 14.1. The van der Waals surface area contributed by atoms with Crippen LogP contribution in [0.4, 0.5) is 9.93 Å². The zero-order valence-electron chi connectivity index (χ0n) is 15.5. The molecule has 0 aromatic carbocycles. The molecule has 1 fully saturated rings. The second-order valence-corrected chi connectivity index (χ2v) is 7.42. The Morgan fingerprint density at radius 3 is 2.81 bits per heavy atom. The molecule has 0 unspecified atom stereocenters. The highest BCUT2D eigenvalue weighted by Crippen LogP contribution is 2.30. The van der Waals surface area contributed by atoms with Gasteiger partial charge in [0, 0.05) is 38.3 Å². The van der Waals surface area contributed by atoms with Crippen molar-refractivity contribution in [1.29, 1.82) is 0 Å². The molecule has 0 N–H and O–H groups in total. The van der Waals surface area contributed by atoms with Gasteiger partial charge in [-0.25, -0.2) is 9.78 Å². The maximum absolute atomic E-state index is 12.6. The number of urea groups is 1. The maximum atomic E-state index is 12.6. The molecule has 7 nitrogen and oxygen atoms in total. The quantitative estimate of drug-likeness (QED) is 0.652. The Hall–Kier alpha value is -2.61. The van der Waals surface area contributed by atoms with Crippen LogP contribution in [0.3, 0.4) is 0 Å². The molecular formula is C19H22N4O3S. The minimum Gasteiger partial charge on any atom is -0.315 e. The average Bonchev–Trinajstić information content (AvgIpc) is 3.23. The highest BCUT2D eigenvalue weighted by atomic mass is 32.1. The Kier molecular flexibility index (Phi) is 5.95. The predicted octanol–water partition coefficient (Wildman–Crippen LogP) is 2.88. The van der Waals surface area contributed by atoms with Gasteiger partial charge in [-0.3, -0.25) is 19.5 Å². The summed E-state index contributed by atoms with van der Waals surface area (Å²) in [5.74, 6) is 0.0524. The highest BCUT2D eigenvalue weighted by Gasteiger charge is 2.33. The second-order valence-electron chi connectivity index (χ2n) is 6.44. The highest BCUT2D eigenvalue weighted by molar-refractivity contribution is 7.17. The van der Waals surface area contributed by atoms with E-state index in [4.69, 9.17) is 0 Å². The summed E-state index contributed by atoms with van der Waals surface area (Å²) in [5.41, 5.74) is 1.65. The van der Waals surface area contributed by atoms with Gasteiger partial charge in [-0.2, -0.15) is 0 Å². The van der Waals surface area contributed by atoms with Crippen LogP contribution in [0.1, 0.15) is 40.7 Å². The van der Waals surface area contributed by atoms with Gasteiger partial charge in [0.2, 0.25) is 0 Å². The van der Waals surface area contributed by atoms with E-state index in [2.05, 4.69) is 9.97 Å². The van der Waals surface area contributed by atoms with E-state index in [0.29, 0.717) is 48.1 Å².